The number of esters is 1. The van der Waals surface area contributed by atoms with Gasteiger partial charge in [0.25, 0.3) is 0 Å². The normalized spacial score (nSPS) is 48.3. The minimum Gasteiger partial charge on any atom is -0.465 e. The Bertz CT molecular complexity index is 498. The molecule has 5 nitrogen and oxygen atoms in total. The van der Waals surface area contributed by atoms with Crippen LogP contribution in [0.4, 0.5) is 0 Å². The Balaban J connectivity index is 1.73. The maximum Gasteiger partial charge on any atom is 0.323 e. The van der Waals surface area contributed by atoms with Crippen LogP contribution in [-0.4, -0.2) is 52.3 Å². The third kappa shape index (κ3) is 1.72. The van der Waals surface area contributed by atoms with Crippen molar-refractivity contribution in [3.63, 3.8) is 0 Å². The molecule has 3 heterocycles. The van der Waals surface area contributed by atoms with Crippen LogP contribution >= 0.6 is 11.8 Å². The number of hydrogen-bond donors (Lipinski definition) is 0. The number of thioether (sulfide) groups is 1. The number of carbonyl (C=O) groups is 2. The van der Waals surface area contributed by atoms with Gasteiger partial charge in [0.2, 0.25) is 0 Å². The Kier molecular flexibility index (Phi) is 3.14. The molecule has 2 unspecified atom stereocenters. The van der Waals surface area contributed by atoms with Crippen LogP contribution in [0.25, 0.3) is 0 Å². The van der Waals surface area contributed by atoms with Crippen molar-refractivity contribution in [2.75, 3.05) is 13.2 Å². The maximum absolute atomic E-state index is 12.5. The van der Waals surface area contributed by atoms with Crippen molar-refractivity contribution >= 4 is 23.5 Å². The number of nitrogens with zero attached hydrogens (tertiary/aromatic N) is 1. The molecule has 6 atom stereocenters. The molecule has 0 spiro atoms. The van der Waals surface area contributed by atoms with Gasteiger partial charge in [0.1, 0.15) is 17.6 Å². The van der Waals surface area contributed by atoms with Gasteiger partial charge in [-0.15, -0.1) is 11.8 Å². The molecule has 4 fully saturated rings. The van der Waals surface area contributed by atoms with E-state index < -0.39 is 5.72 Å². The van der Waals surface area contributed by atoms with Gasteiger partial charge in [0, 0.05) is 12.3 Å². The summed E-state index contributed by atoms with van der Waals surface area (Å²) >= 11 is 1.84. The minimum absolute atomic E-state index is 0.0181. The molecule has 6 heteroatoms. The van der Waals surface area contributed by atoms with Gasteiger partial charge in [-0.3, -0.25) is 9.59 Å². The Labute approximate surface area is 128 Å². The zero-order valence-electron chi connectivity index (χ0n) is 12.4. The van der Waals surface area contributed by atoms with Gasteiger partial charge >= 0.3 is 5.97 Å². The molecule has 0 aromatic carbocycles. The smallest absolute Gasteiger partial charge is 0.323 e. The Morgan fingerprint density at radius 1 is 1.52 bits per heavy atom. The number of ketones is 1. The lowest BCUT2D eigenvalue weighted by atomic mass is 9.93. The molecule has 0 aromatic rings. The molecule has 1 saturated carbocycles. The summed E-state index contributed by atoms with van der Waals surface area (Å²) in [5.41, 5.74) is -0.419. The lowest BCUT2D eigenvalue weighted by Crippen LogP contribution is -2.54. The van der Waals surface area contributed by atoms with Crippen molar-refractivity contribution < 1.29 is 19.1 Å². The Morgan fingerprint density at radius 3 is 3.10 bits per heavy atom. The predicted molar refractivity (Wildman–Crippen MR) is 77.6 cm³/mol. The molecule has 0 aromatic heterocycles. The van der Waals surface area contributed by atoms with Gasteiger partial charge in [-0.2, -0.15) is 0 Å². The van der Waals surface area contributed by atoms with E-state index in [1.54, 1.807) is 0 Å². The van der Waals surface area contributed by atoms with Crippen LogP contribution in [0.1, 0.15) is 33.1 Å². The van der Waals surface area contributed by atoms with Crippen molar-refractivity contribution in [3.05, 3.63) is 0 Å². The summed E-state index contributed by atoms with van der Waals surface area (Å²) in [7, 11) is 0. The van der Waals surface area contributed by atoms with Gasteiger partial charge in [0.05, 0.1) is 23.8 Å². The zero-order chi connectivity index (χ0) is 14.8. The summed E-state index contributed by atoms with van der Waals surface area (Å²) < 4.78 is 11.3. The van der Waals surface area contributed by atoms with Gasteiger partial charge in [-0.25, -0.2) is 4.90 Å². The van der Waals surface area contributed by atoms with Crippen molar-refractivity contribution in [2.24, 2.45) is 11.8 Å². The van der Waals surface area contributed by atoms with E-state index in [0.717, 1.165) is 19.4 Å². The minimum atomic E-state index is -0.419. The van der Waals surface area contributed by atoms with Gasteiger partial charge in [-0.05, 0) is 32.6 Å². The van der Waals surface area contributed by atoms with Crippen LogP contribution < -0.4 is 0 Å². The number of hydrogen-bond acceptors (Lipinski definition) is 6. The van der Waals surface area contributed by atoms with E-state index in [9.17, 15) is 9.59 Å². The van der Waals surface area contributed by atoms with Crippen LogP contribution in [0.3, 0.4) is 0 Å². The van der Waals surface area contributed by atoms with E-state index in [2.05, 4.69) is 11.8 Å². The quantitative estimate of drug-likeness (QED) is 0.719. The van der Waals surface area contributed by atoms with E-state index in [4.69, 9.17) is 9.47 Å². The molecule has 0 bridgehead atoms. The van der Waals surface area contributed by atoms with E-state index >= 15 is 0 Å². The average Bonchev–Trinajstić information content (AvgIpc) is 3.11. The molecule has 0 N–H and O–H groups in total. The average molecular weight is 311 g/mol. The van der Waals surface area contributed by atoms with Crippen molar-refractivity contribution in [1.29, 1.82) is 0 Å². The summed E-state index contributed by atoms with van der Waals surface area (Å²) in [6.45, 7) is 5.02. The van der Waals surface area contributed by atoms with Crippen LogP contribution in [0, 0.1) is 11.8 Å². The van der Waals surface area contributed by atoms with Crippen molar-refractivity contribution in [3.8, 4) is 0 Å². The van der Waals surface area contributed by atoms with Gasteiger partial charge in [0.15, 0.2) is 0 Å². The molecular weight excluding hydrogens is 290 g/mol. The van der Waals surface area contributed by atoms with E-state index in [0.29, 0.717) is 24.1 Å². The monoisotopic (exact) mass is 311 g/mol. The SMILES string of the molecule is CCOC(=O)[C@@H]1[C@H]2CCC(=O)[C@H]2C2SC3CCO[C@@]3(C)N21. The summed E-state index contributed by atoms with van der Waals surface area (Å²) in [4.78, 5) is 27.0. The highest BCUT2D eigenvalue weighted by atomic mass is 32.2. The number of fused-ring (bicyclic) bond motifs is 5. The molecular formula is C15H21NO4S. The molecule has 4 rings (SSSR count). The first-order valence-corrected chi connectivity index (χ1v) is 8.79. The standard InChI is InChI=1S/C15H21NO4S/c1-3-19-14(18)12-8-4-5-9(17)11(8)13-16(12)15(2)10(21-13)6-7-20-15/h8,10-13H,3-7H2,1-2H3/t8-,10?,11-,12-,13?,15+/m0/s1. The van der Waals surface area contributed by atoms with Crippen LogP contribution in [0.2, 0.25) is 0 Å². The first-order valence-electron chi connectivity index (χ1n) is 7.85. The first-order chi connectivity index (χ1) is 10.1. The maximum atomic E-state index is 12.5. The fourth-order valence-corrected chi connectivity index (χ4v) is 6.69. The van der Waals surface area contributed by atoms with Crippen molar-refractivity contribution in [2.45, 2.75) is 55.5 Å². The second-order valence-electron chi connectivity index (χ2n) is 6.51. The topological polar surface area (TPSA) is 55.8 Å². The fourth-order valence-electron chi connectivity index (χ4n) is 4.69. The summed E-state index contributed by atoms with van der Waals surface area (Å²) in [6.07, 6.45) is 2.41. The highest BCUT2D eigenvalue weighted by Crippen LogP contribution is 2.60. The Hall–Kier alpha value is -0.590. The number of Topliss-reactive ketones (excluding diaryl/α,β-unsaturated/α-hetero) is 1. The highest BCUT2D eigenvalue weighted by Gasteiger charge is 2.69. The summed E-state index contributed by atoms with van der Waals surface area (Å²) in [5.74, 6) is 0.229. The number of rotatable bonds is 2. The number of carbonyl (C=O) groups excluding carboxylic acids is 2. The number of ether oxygens (including phenoxy) is 2. The second kappa shape index (κ2) is 4.70. The van der Waals surface area contributed by atoms with E-state index in [-0.39, 0.29) is 29.2 Å². The fraction of sp³-hybridized carbons (Fsp3) is 0.867. The third-order valence-corrected chi connectivity index (χ3v) is 7.36. The van der Waals surface area contributed by atoms with Crippen LogP contribution in [0.15, 0.2) is 0 Å². The molecule has 21 heavy (non-hydrogen) atoms. The lowest BCUT2D eigenvalue weighted by Gasteiger charge is -2.37. The molecule has 0 radical (unpaired) electrons. The molecule has 0 amide bonds. The lowest BCUT2D eigenvalue weighted by molar-refractivity contribution is -0.164. The third-order valence-electron chi connectivity index (χ3n) is 5.56. The van der Waals surface area contributed by atoms with E-state index in [1.165, 1.54) is 0 Å². The molecule has 1 aliphatic carbocycles. The zero-order valence-corrected chi connectivity index (χ0v) is 13.2. The van der Waals surface area contributed by atoms with Gasteiger partial charge in [-0.1, -0.05) is 0 Å². The predicted octanol–water partition coefficient (Wildman–Crippen LogP) is 1.41. The van der Waals surface area contributed by atoms with Gasteiger partial charge < -0.3 is 9.47 Å². The van der Waals surface area contributed by atoms with Crippen molar-refractivity contribution in [1.82, 2.24) is 4.90 Å². The summed E-state index contributed by atoms with van der Waals surface area (Å²) in [6, 6.07) is -0.313. The molecule has 116 valence electrons. The molecule has 4 aliphatic rings. The van der Waals surface area contributed by atoms with Crippen LogP contribution in [0.5, 0.6) is 0 Å². The highest BCUT2D eigenvalue weighted by molar-refractivity contribution is 8.00. The molecule has 3 aliphatic heterocycles. The van der Waals surface area contributed by atoms with Crippen LogP contribution in [-0.2, 0) is 19.1 Å². The molecule has 3 saturated heterocycles. The second-order valence-corrected chi connectivity index (χ2v) is 7.83. The van der Waals surface area contributed by atoms with E-state index in [1.807, 2.05) is 18.7 Å². The largest absolute Gasteiger partial charge is 0.465 e. The summed E-state index contributed by atoms with van der Waals surface area (Å²) in [5, 5.41) is 0.448. The Morgan fingerprint density at radius 2 is 2.33 bits per heavy atom. The first kappa shape index (κ1) is 14.0.